The van der Waals surface area contributed by atoms with Gasteiger partial charge in [0, 0.05) is 6.04 Å². The highest BCUT2D eigenvalue weighted by Crippen LogP contribution is 2.28. The van der Waals surface area contributed by atoms with Crippen LogP contribution in [0.15, 0.2) is 42.5 Å². The summed E-state index contributed by atoms with van der Waals surface area (Å²) in [5.74, 6) is 0.477. The smallest absolute Gasteiger partial charge is 0.145 e. The first-order valence-corrected chi connectivity index (χ1v) is 7.46. The number of ether oxygens (including phenoxy) is 1. The van der Waals surface area contributed by atoms with E-state index in [1.807, 2.05) is 24.3 Å². The van der Waals surface area contributed by atoms with E-state index in [4.69, 9.17) is 22.1 Å². The second kappa shape index (κ2) is 6.04. The van der Waals surface area contributed by atoms with Crippen LogP contribution in [0.1, 0.15) is 30.0 Å². The van der Waals surface area contributed by atoms with E-state index in [2.05, 4.69) is 0 Å². The molecule has 4 heteroatoms. The van der Waals surface area contributed by atoms with E-state index in [0.29, 0.717) is 18.1 Å². The maximum atomic E-state index is 13.9. The zero-order valence-corrected chi connectivity index (χ0v) is 12.3. The van der Waals surface area contributed by atoms with Gasteiger partial charge >= 0.3 is 0 Å². The number of hydrogen-bond donors (Lipinski definition) is 1. The third-order valence-corrected chi connectivity index (χ3v) is 3.90. The normalized spacial score (nSPS) is 15.8. The van der Waals surface area contributed by atoms with E-state index in [-0.39, 0.29) is 16.9 Å². The van der Waals surface area contributed by atoms with Crippen LogP contribution in [0.3, 0.4) is 0 Å². The second-order valence-corrected chi connectivity index (χ2v) is 5.82. The summed E-state index contributed by atoms with van der Waals surface area (Å²) in [6.07, 6.45) is 3.06. The Hall–Kier alpha value is -1.58. The molecular weight excluding hydrogens is 289 g/mol. The molecule has 2 nitrogen and oxygen atoms in total. The minimum Gasteiger partial charge on any atom is -0.490 e. The molecule has 0 radical (unpaired) electrons. The van der Waals surface area contributed by atoms with Crippen molar-refractivity contribution in [2.75, 3.05) is 0 Å². The molecule has 1 aliphatic carbocycles. The molecule has 1 aliphatic rings. The van der Waals surface area contributed by atoms with Crippen LogP contribution in [0.25, 0.3) is 0 Å². The van der Waals surface area contributed by atoms with Crippen LogP contribution in [0, 0.1) is 5.82 Å². The molecule has 1 fully saturated rings. The van der Waals surface area contributed by atoms with E-state index in [0.717, 1.165) is 24.2 Å². The van der Waals surface area contributed by atoms with Gasteiger partial charge in [-0.15, -0.1) is 0 Å². The monoisotopic (exact) mass is 305 g/mol. The number of rotatable bonds is 5. The van der Waals surface area contributed by atoms with Crippen molar-refractivity contribution in [3.8, 4) is 5.75 Å². The summed E-state index contributed by atoms with van der Waals surface area (Å²) in [7, 11) is 0. The van der Waals surface area contributed by atoms with Crippen LogP contribution in [0.2, 0.25) is 5.02 Å². The maximum Gasteiger partial charge on any atom is 0.145 e. The molecule has 0 amide bonds. The van der Waals surface area contributed by atoms with Gasteiger partial charge in [-0.05, 0) is 48.6 Å². The Morgan fingerprint density at radius 2 is 1.90 bits per heavy atom. The molecular formula is C17H17ClFNO. The van der Waals surface area contributed by atoms with Gasteiger partial charge in [-0.25, -0.2) is 4.39 Å². The molecule has 0 aliphatic heterocycles. The fourth-order valence-corrected chi connectivity index (χ4v) is 2.43. The zero-order chi connectivity index (χ0) is 14.8. The van der Waals surface area contributed by atoms with Gasteiger partial charge in [0.15, 0.2) is 0 Å². The molecule has 1 saturated carbocycles. The van der Waals surface area contributed by atoms with Crippen molar-refractivity contribution in [1.82, 2.24) is 0 Å². The number of halogens is 2. The number of benzene rings is 2. The first-order valence-electron chi connectivity index (χ1n) is 7.08. The molecule has 21 heavy (non-hydrogen) atoms. The van der Waals surface area contributed by atoms with Gasteiger partial charge in [0.25, 0.3) is 0 Å². The van der Waals surface area contributed by atoms with Gasteiger partial charge in [-0.2, -0.15) is 0 Å². The summed E-state index contributed by atoms with van der Waals surface area (Å²) in [5, 5.41) is 0.132. The SMILES string of the molecule is NC(Cc1cccc(Cl)c1F)c1ccc(OC2CC2)cc1. The Bertz CT molecular complexity index is 625. The number of nitrogens with two attached hydrogens (primary N) is 1. The first-order chi connectivity index (χ1) is 10.1. The Morgan fingerprint density at radius 1 is 1.19 bits per heavy atom. The highest BCUT2D eigenvalue weighted by molar-refractivity contribution is 6.30. The quantitative estimate of drug-likeness (QED) is 0.895. The molecule has 110 valence electrons. The summed E-state index contributed by atoms with van der Waals surface area (Å²) in [6.45, 7) is 0. The molecule has 2 aromatic rings. The molecule has 0 saturated heterocycles. The maximum absolute atomic E-state index is 13.9. The van der Waals surface area contributed by atoms with Crippen LogP contribution in [0.5, 0.6) is 5.75 Å². The van der Waals surface area contributed by atoms with Crippen LogP contribution in [-0.4, -0.2) is 6.10 Å². The molecule has 0 bridgehead atoms. The third-order valence-electron chi connectivity index (χ3n) is 3.61. The molecule has 1 atom stereocenters. The summed E-state index contributed by atoms with van der Waals surface area (Å²) in [5.41, 5.74) is 7.65. The average molecular weight is 306 g/mol. The first kappa shape index (κ1) is 14.4. The van der Waals surface area contributed by atoms with E-state index in [1.54, 1.807) is 12.1 Å². The highest BCUT2D eigenvalue weighted by atomic mass is 35.5. The highest BCUT2D eigenvalue weighted by Gasteiger charge is 2.23. The molecule has 2 aromatic carbocycles. The number of hydrogen-bond acceptors (Lipinski definition) is 2. The second-order valence-electron chi connectivity index (χ2n) is 5.41. The Morgan fingerprint density at radius 3 is 2.57 bits per heavy atom. The van der Waals surface area contributed by atoms with Gasteiger partial charge < -0.3 is 10.5 Å². The van der Waals surface area contributed by atoms with E-state index < -0.39 is 0 Å². The Kier molecular flexibility index (Phi) is 4.13. The largest absolute Gasteiger partial charge is 0.490 e. The van der Waals surface area contributed by atoms with Crippen LogP contribution >= 0.6 is 11.6 Å². The standard InChI is InChI=1S/C17H17ClFNO/c18-15-3-1-2-12(17(15)19)10-16(20)11-4-6-13(7-5-11)21-14-8-9-14/h1-7,14,16H,8-10,20H2. The third kappa shape index (κ3) is 3.55. The molecule has 3 rings (SSSR count). The van der Waals surface area contributed by atoms with Crippen molar-refractivity contribution >= 4 is 11.6 Å². The molecule has 0 spiro atoms. The fourth-order valence-electron chi connectivity index (χ4n) is 2.23. The van der Waals surface area contributed by atoms with Gasteiger partial charge in [0.1, 0.15) is 11.6 Å². The Labute approximate surface area is 128 Å². The minimum atomic E-state index is -0.386. The fraction of sp³-hybridized carbons (Fsp3) is 0.294. The topological polar surface area (TPSA) is 35.2 Å². The lowest BCUT2D eigenvalue weighted by Gasteiger charge is -2.14. The zero-order valence-electron chi connectivity index (χ0n) is 11.6. The molecule has 0 aromatic heterocycles. The predicted molar refractivity (Wildman–Crippen MR) is 82.1 cm³/mol. The van der Waals surface area contributed by atoms with Crippen LogP contribution in [0.4, 0.5) is 4.39 Å². The average Bonchev–Trinajstić information content (AvgIpc) is 3.28. The van der Waals surface area contributed by atoms with Crippen molar-refractivity contribution in [1.29, 1.82) is 0 Å². The van der Waals surface area contributed by atoms with Crippen LogP contribution < -0.4 is 10.5 Å². The van der Waals surface area contributed by atoms with Crippen molar-refractivity contribution in [3.63, 3.8) is 0 Å². The van der Waals surface area contributed by atoms with Gasteiger partial charge in [0.2, 0.25) is 0 Å². The van der Waals surface area contributed by atoms with Gasteiger partial charge in [0.05, 0.1) is 11.1 Å². The molecule has 1 unspecified atom stereocenters. The van der Waals surface area contributed by atoms with E-state index in [1.165, 1.54) is 6.07 Å². The van der Waals surface area contributed by atoms with Crippen molar-refractivity contribution < 1.29 is 9.13 Å². The van der Waals surface area contributed by atoms with Crippen molar-refractivity contribution in [2.24, 2.45) is 5.73 Å². The van der Waals surface area contributed by atoms with E-state index >= 15 is 0 Å². The predicted octanol–water partition coefficient (Wildman–Crippen LogP) is 4.26. The van der Waals surface area contributed by atoms with E-state index in [9.17, 15) is 4.39 Å². The summed E-state index contributed by atoms with van der Waals surface area (Å²) in [4.78, 5) is 0. The lowest BCUT2D eigenvalue weighted by Crippen LogP contribution is -2.14. The van der Waals surface area contributed by atoms with Crippen molar-refractivity contribution in [3.05, 3.63) is 64.4 Å². The lowest BCUT2D eigenvalue weighted by atomic mass is 9.99. The van der Waals surface area contributed by atoms with Gasteiger partial charge in [-0.3, -0.25) is 0 Å². The molecule has 0 heterocycles. The van der Waals surface area contributed by atoms with Gasteiger partial charge in [-0.1, -0.05) is 35.9 Å². The lowest BCUT2D eigenvalue weighted by molar-refractivity contribution is 0.303. The summed E-state index contributed by atoms with van der Waals surface area (Å²) in [6, 6.07) is 12.4. The minimum absolute atomic E-state index is 0.132. The summed E-state index contributed by atoms with van der Waals surface area (Å²) < 4.78 is 19.6. The summed E-state index contributed by atoms with van der Waals surface area (Å²) >= 11 is 5.79. The molecule has 2 N–H and O–H groups in total. The Balaban J connectivity index is 1.69. The van der Waals surface area contributed by atoms with Crippen LogP contribution in [-0.2, 0) is 6.42 Å². The van der Waals surface area contributed by atoms with Crippen molar-refractivity contribution in [2.45, 2.75) is 31.4 Å².